The molecule has 5 heteroatoms. The second kappa shape index (κ2) is 8.99. The third-order valence-electron chi connectivity index (χ3n) is 4.88. The third kappa shape index (κ3) is 3.90. The van der Waals surface area contributed by atoms with Gasteiger partial charge in [-0.1, -0.05) is 61.2 Å². The maximum Gasteiger partial charge on any atom is 0.359 e. The van der Waals surface area contributed by atoms with E-state index in [1.54, 1.807) is 0 Å². The molecule has 0 fully saturated rings. The molecule has 0 aromatic heterocycles. The molecule has 0 aliphatic heterocycles. The van der Waals surface area contributed by atoms with Gasteiger partial charge in [-0.2, -0.15) is 0 Å². The van der Waals surface area contributed by atoms with Gasteiger partial charge in [0.25, 0.3) is 0 Å². The van der Waals surface area contributed by atoms with E-state index in [4.69, 9.17) is 9.05 Å². The zero-order valence-corrected chi connectivity index (χ0v) is 18.0. The van der Waals surface area contributed by atoms with Crippen LogP contribution in [0.15, 0.2) is 103 Å². The Bertz CT molecular complexity index is 852. The molecule has 0 heterocycles. The zero-order valence-electron chi connectivity index (χ0n) is 16.2. The van der Waals surface area contributed by atoms with Crippen molar-refractivity contribution in [2.75, 3.05) is 20.4 Å². The van der Waals surface area contributed by atoms with Crippen molar-refractivity contribution in [2.24, 2.45) is 0 Å². The van der Waals surface area contributed by atoms with Crippen LogP contribution in [-0.4, -0.2) is 20.4 Å². The topological polar surface area (TPSA) is 35.5 Å². The molecule has 0 aliphatic rings. The van der Waals surface area contributed by atoms with Crippen molar-refractivity contribution in [1.82, 2.24) is 0 Å². The van der Waals surface area contributed by atoms with Crippen LogP contribution in [0, 0.1) is 0 Å². The fourth-order valence-corrected chi connectivity index (χ4v) is 9.49. The summed E-state index contributed by atoms with van der Waals surface area (Å²) in [6.07, 6.45) is 0.504. The molecule has 0 aliphatic carbocycles. The standard InChI is InChI=1S/C23H25O3P2/c1-20(28(24,25-2)26-3)19-27(21-13-7-4-8-14-21,22-15-9-5-10-16-22)23-17-11-6-12-18-23/h4-18H,1,19H2,2-3H3/q+1. The average molecular weight is 411 g/mol. The minimum absolute atomic E-state index is 0.488. The summed E-state index contributed by atoms with van der Waals surface area (Å²) in [6.45, 7) is 4.14. The highest BCUT2D eigenvalue weighted by molar-refractivity contribution is 7.96. The zero-order chi connectivity index (χ0) is 20.0. The van der Waals surface area contributed by atoms with Gasteiger partial charge in [-0.15, -0.1) is 0 Å². The van der Waals surface area contributed by atoms with Gasteiger partial charge in [0.1, 0.15) is 29.3 Å². The summed E-state index contributed by atoms with van der Waals surface area (Å²) in [5, 5.41) is 4.09. The predicted molar refractivity (Wildman–Crippen MR) is 121 cm³/mol. The molecule has 3 aromatic carbocycles. The van der Waals surface area contributed by atoms with E-state index in [2.05, 4.69) is 43.0 Å². The van der Waals surface area contributed by atoms with Crippen LogP contribution in [-0.2, 0) is 13.6 Å². The summed E-state index contributed by atoms with van der Waals surface area (Å²) in [5.41, 5.74) is 0. The van der Waals surface area contributed by atoms with Gasteiger partial charge in [-0.3, -0.25) is 4.57 Å². The van der Waals surface area contributed by atoms with Crippen molar-refractivity contribution in [3.05, 3.63) is 103 Å². The van der Waals surface area contributed by atoms with Gasteiger partial charge >= 0.3 is 7.60 Å². The molecule has 0 saturated carbocycles. The number of rotatable bonds is 8. The fraction of sp³-hybridized carbons (Fsp3) is 0.130. The highest BCUT2D eigenvalue weighted by Crippen LogP contribution is 2.64. The second-order valence-electron chi connectivity index (χ2n) is 6.40. The lowest BCUT2D eigenvalue weighted by molar-refractivity contribution is 0.283. The van der Waals surface area contributed by atoms with E-state index in [-0.39, 0.29) is 0 Å². The number of hydrogen-bond donors (Lipinski definition) is 0. The van der Waals surface area contributed by atoms with Gasteiger partial charge in [-0.25, -0.2) is 0 Å². The average Bonchev–Trinajstić information content (AvgIpc) is 2.78. The molecule has 0 saturated heterocycles. The normalized spacial score (nSPS) is 11.9. The molecule has 28 heavy (non-hydrogen) atoms. The first kappa shape index (κ1) is 20.7. The van der Waals surface area contributed by atoms with Crippen LogP contribution in [0.25, 0.3) is 0 Å². The summed E-state index contributed by atoms with van der Waals surface area (Å²) in [5.74, 6) is 0. The highest BCUT2D eigenvalue weighted by Gasteiger charge is 2.48. The smallest absolute Gasteiger partial charge is 0.309 e. The minimum atomic E-state index is -3.40. The first-order valence-corrected chi connectivity index (χ1v) is 12.5. The Labute approximate surface area is 167 Å². The summed E-state index contributed by atoms with van der Waals surface area (Å²) in [4.78, 5) is 0. The van der Waals surface area contributed by atoms with Crippen LogP contribution in [0.2, 0.25) is 0 Å². The van der Waals surface area contributed by atoms with Gasteiger partial charge in [0.05, 0.1) is 5.31 Å². The van der Waals surface area contributed by atoms with E-state index in [1.165, 1.54) is 30.1 Å². The largest absolute Gasteiger partial charge is 0.359 e. The summed E-state index contributed by atoms with van der Waals surface area (Å²) >= 11 is 0. The second-order valence-corrected chi connectivity index (χ2v) is 12.2. The van der Waals surface area contributed by atoms with Crippen molar-refractivity contribution in [3.63, 3.8) is 0 Å². The first-order chi connectivity index (χ1) is 13.6. The summed E-state index contributed by atoms with van der Waals surface area (Å²) in [6, 6.07) is 31.2. The highest BCUT2D eigenvalue weighted by atomic mass is 31.2. The molecule has 3 nitrogen and oxygen atoms in total. The maximum absolute atomic E-state index is 13.1. The van der Waals surface area contributed by atoms with Gasteiger partial charge in [0.2, 0.25) is 0 Å². The molecule has 0 N–H and O–H groups in total. The molecule has 3 rings (SSSR count). The molecule has 3 aromatic rings. The number of hydrogen-bond acceptors (Lipinski definition) is 3. The van der Waals surface area contributed by atoms with Crippen LogP contribution >= 0.6 is 14.9 Å². The molecule has 0 bridgehead atoms. The lowest BCUT2D eigenvalue weighted by atomic mass is 10.4. The van der Waals surface area contributed by atoms with E-state index in [0.29, 0.717) is 11.5 Å². The Balaban J connectivity index is 2.29. The van der Waals surface area contributed by atoms with Gasteiger partial charge < -0.3 is 9.05 Å². The van der Waals surface area contributed by atoms with Crippen LogP contribution in [0.4, 0.5) is 0 Å². The van der Waals surface area contributed by atoms with Crippen molar-refractivity contribution in [1.29, 1.82) is 0 Å². The van der Waals surface area contributed by atoms with Gasteiger partial charge in [0.15, 0.2) is 0 Å². The van der Waals surface area contributed by atoms with E-state index >= 15 is 0 Å². The summed E-state index contributed by atoms with van der Waals surface area (Å²) in [7, 11) is -2.75. The van der Waals surface area contributed by atoms with Crippen LogP contribution in [0.1, 0.15) is 0 Å². The Kier molecular flexibility index (Phi) is 6.65. The Morgan fingerprint density at radius 2 is 1.07 bits per heavy atom. The van der Waals surface area contributed by atoms with Gasteiger partial charge in [-0.05, 0) is 36.4 Å². The van der Waals surface area contributed by atoms with Crippen LogP contribution in [0.3, 0.4) is 0 Å². The minimum Gasteiger partial charge on any atom is -0.309 e. The van der Waals surface area contributed by atoms with Crippen molar-refractivity contribution in [3.8, 4) is 0 Å². The third-order valence-corrected chi connectivity index (χ3v) is 11.4. The lowest BCUT2D eigenvalue weighted by Crippen LogP contribution is -2.33. The molecule has 0 atom stereocenters. The number of allylic oxidation sites excluding steroid dienone is 1. The fourth-order valence-electron chi connectivity index (χ4n) is 3.46. The van der Waals surface area contributed by atoms with Crippen LogP contribution < -0.4 is 15.9 Å². The lowest BCUT2D eigenvalue weighted by Gasteiger charge is -2.29. The molecule has 0 amide bonds. The number of benzene rings is 3. The van der Waals surface area contributed by atoms with Crippen LogP contribution in [0.5, 0.6) is 0 Å². The molecule has 0 radical (unpaired) electrons. The first-order valence-electron chi connectivity index (χ1n) is 9.01. The van der Waals surface area contributed by atoms with Crippen molar-refractivity contribution in [2.45, 2.75) is 0 Å². The van der Waals surface area contributed by atoms with Crippen molar-refractivity contribution < 1.29 is 13.6 Å². The van der Waals surface area contributed by atoms with Gasteiger partial charge in [0, 0.05) is 14.2 Å². The van der Waals surface area contributed by atoms with E-state index < -0.39 is 14.9 Å². The molecule has 144 valence electrons. The van der Waals surface area contributed by atoms with Crippen molar-refractivity contribution >= 4 is 30.8 Å². The summed E-state index contributed by atoms with van der Waals surface area (Å²) < 4.78 is 23.6. The quantitative estimate of drug-likeness (QED) is 0.491. The Morgan fingerprint density at radius 3 is 1.36 bits per heavy atom. The molecule has 0 unspecified atom stereocenters. The monoisotopic (exact) mass is 411 g/mol. The Hall–Kier alpha value is -2.02. The molecule has 0 spiro atoms. The van der Waals surface area contributed by atoms with E-state index in [9.17, 15) is 4.57 Å². The Morgan fingerprint density at radius 1 is 0.750 bits per heavy atom. The molecular formula is C23H25O3P2+. The van der Waals surface area contributed by atoms with E-state index in [0.717, 1.165) is 0 Å². The molecular weight excluding hydrogens is 386 g/mol. The SMILES string of the molecule is C=C(C[P+](c1ccccc1)(c1ccccc1)c1ccccc1)P(=O)(OC)OC. The maximum atomic E-state index is 13.1. The van der Waals surface area contributed by atoms with E-state index in [1.807, 2.05) is 54.6 Å². The predicted octanol–water partition coefficient (Wildman–Crippen LogP) is 4.98.